The van der Waals surface area contributed by atoms with Crippen LogP contribution in [0.15, 0.2) is 46.2 Å². The lowest BCUT2D eigenvalue weighted by Crippen LogP contribution is -2.23. The SMILES string of the molecule is CC(C)C(=O)OCCCCCCn1c(=O)ccn(-c2ccc(S(F)(F)(F)(F)F)cc2)c1=S. The molecule has 0 atom stereocenters. The second kappa shape index (κ2) is 8.97. The fourth-order valence-electron chi connectivity index (χ4n) is 2.85. The van der Waals surface area contributed by atoms with Gasteiger partial charge in [0.05, 0.1) is 12.5 Å². The molecule has 12 heteroatoms. The first-order chi connectivity index (χ1) is 14.6. The summed E-state index contributed by atoms with van der Waals surface area (Å²) in [7, 11) is -9.76. The van der Waals surface area contributed by atoms with Gasteiger partial charge in [-0.15, -0.1) is 0 Å². The highest BCUT2D eigenvalue weighted by atomic mass is 32.5. The minimum atomic E-state index is -9.76. The quantitative estimate of drug-likeness (QED) is 0.156. The predicted molar refractivity (Wildman–Crippen MR) is 117 cm³/mol. The molecule has 0 aliphatic rings. The van der Waals surface area contributed by atoms with E-state index in [-0.39, 0.29) is 34.4 Å². The number of unbranched alkanes of at least 4 members (excludes halogenated alkanes) is 3. The van der Waals surface area contributed by atoms with Crippen molar-refractivity contribution in [1.29, 1.82) is 0 Å². The number of benzene rings is 1. The molecule has 0 saturated heterocycles. The Morgan fingerprint density at radius 3 is 2.16 bits per heavy atom. The summed E-state index contributed by atoms with van der Waals surface area (Å²) in [4.78, 5) is 21.6. The molecule has 2 aromatic rings. The molecule has 0 amide bonds. The van der Waals surface area contributed by atoms with Crippen molar-refractivity contribution in [2.24, 2.45) is 5.92 Å². The summed E-state index contributed by atoms with van der Waals surface area (Å²) in [5.74, 6) is -0.436. The molecular weight excluding hydrogens is 475 g/mol. The summed E-state index contributed by atoms with van der Waals surface area (Å²) in [5.41, 5.74) is -0.248. The van der Waals surface area contributed by atoms with Crippen LogP contribution in [0, 0.1) is 10.7 Å². The Morgan fingerprint density at radius 2 is 1.59 bits per heavy atom. The fraction of sp³-hybridized carbons (Fsp3) is 0.450. The normalized spacial score (nSPS) is 14.1. The Morgan fingerprint density at radius 1 is 1.00 bits per heavy atom. The summed E-state index contributed by atoms with van der Waals surface area (Å²) in [6.07, 6.45) is 4.10. The van der Waals surface area contributed by atoms with E-state index in [4.69, 9.17) is 17.0 Å². The van der Waals surface area contributed by atoms with Gasteiger partial charge in [-0.2, -0.15) is 0 Å². The second-order valence-corrected chi connectivity index (χ2v) is 10.4. The number of ether oxygens (including phenoxy) is 1. The lowest BCUT2D eigenvalue weighted by atomic mass is 10.2. The van der Waals surface area contributed by atoms with E-state index in [9.17, 15) is 29.0 Å². The van der Waals surface area contributed by atoms with E-state index in [1.54, 1.807) is 13.8 Å². The van der Waals surface area contributed by atoms with Crippen LogP contribution in [0.2, 0.25) is 0 Å². The van der Waals surface area contributed by atoms with E-state index in [0.717, 1.165) is 25.0 Å². The summed E-state index contributed by atoms with van der Waals surface area (Å²) in [6.45, 7) is 4.11. The Labute approximate surface area is 187 Å². The van der Waals surface area contributed by atoms with E-state index in [0.29, 0.717) is 31.6 Å². The molecule has 32 heavy (non-hydrogen) atoms. The van der Waals surface area contributed by atoms with E-state index in [2.05, 4.69) is 0 Å². The van der Waals surface area contributed by atoms with Crippen LogP contribution >= 0.6 is 22.4 Å². The van der Waals surface area contributed by atoms with Gasteiger partial charge in [-0.3, -0.25) is 18.7 Å². The summed E-state index contributed by atoms with van der Waals surface area (Å²) in [6, 6.07) is 3.59. The van der Waals surface area contributed by atoms with Gasteiger partial charge < -0.3 is 4.74 Å². The van der Waals surface area contributed by atoms with Crippen LogP contribution in [0.25, 0.3) is 5.69 Å². The molecule has 0 saturated carbocycles. The zero-order valence-electron chi connectivity index (χ0n) is 17.6. The number of aromatic nitrogens is 2. The van der Waals surface area contributed by atoms with Gasteiger partial charge in [0.2, 0.25) is 0 Å². The third-order valence-electron chi connectivity index (χ3n) is 4.62. The Bertz CT molecular complexity index is 1080. The number of carbonyl (C=O) groups is 1. The van der Waals surface area contributed by atoms with Gasteiger partial charge in [-0.25, -0.2) is 0 Å². The number of rotatable bonds is 10. The van der Waals surface area contributed by atoms with E-state index >= 15 is 0 Å². The monoisotopic (exact) mass is 500 g/mol. The molecule has 5 nitrogen and oxygen atoms in total. The molecular formula is C20H25F5N2O3S2. The standard InChI is InChI=1S/C20H25F5N2O3S2/c1-15(2)19(29)30-14-6-4-3-5-12-27-18(28)11-13-26(20(27)31)16-7-9-17(10-8-16)32(21,22,23,24)25/h7-11,13,15H,3-6,12,14H2,1-2H3. The minimum Gasteiger partial charge on any atom is -0.465 e. The highest BCUT2D eigenvalue weighted by Crippen LogP contribution is 3.02. The molecule has 0 aliphatic heterocycles. The van der Waals surface area contributed by atoms with Crippen molar-refractivity contribution in [1.82, 2.24) is 9.13 Å². The smallest absolute Gasteiger partial charge is 0.310 e. The zero-order valence-corrected chi connectivity index (χ0v) is 19.2. The van der Waals surface area contributed by atoms with Crippen molar-refractivity contribution in [2.75, 3.05) is 6.61 Å². The molecule has 0 N–H and O–H groups in total. The summed E-state index contributed by atoms with van der Waals surface area (Å²) < 4.78 is 72.2. The number of hydrogen-bond acceptors (Lipinski definition) is 4. The summed E-state index contributed by atoms with van der Waals surface area (Å²) in [5, 5.41) is 0. The molecule has 1 heterocycles. The van der Waals surface area contributed by atoms with Crippen LogP contribution in [0.3, 0.4) is 0 Å². The van der Waals surface area contributed by atoms with Crippen LogP contribution in [-0.2, 0) is 16.1 Å². The van der Waals surface area contributed by atoms with E-state index < -0.39 is 15.1 Å². The lowest BCUT2D eigenvalue weighted by molar-refractivity contribution is -0.147. The Balaban J connectivity index is 2.04. The number of hydrogen-bond donors (Lipinski definition) is 0. The van der Waals surface area contributed by atoms with Gasteiger partial charge in [-0.05, 0) is 55.7 Å². The minimum absolute atomic E-state index is 0.0449. The molecule has 0 fully saturated rings. The molecule has 0 unspecified atom stereocenters. The average molecular weight is 501 g/mol. The van der Waals surface area contributed by atoms with Crippen molar-refractivity contribution >= 4 is 28.4 Å². The van der Waals surface area contributed by atoms with Crippen molar-refractivity contribution in [3.63, 3.8) is 0 Å². The molecule has 0 bridgehead atoms. The maximum absolute atomic E-state index is 12.9. The van der Waals surface area contributed by atoms with Crippen LogP contribution in [0.4, 0.5) is 19.4 Å². The topological polar surface area (TPSA) is 53.2 Å². The van der Waals surface area contributed by atoms with Crippen molar-refractivity contribution < 1.29 is 29.0 Å². The third-order valence-corrected chi connectivity index (χ3v) is 6.20. The van der Waals surface area contributed by atoms with Crippen LogP contribution in [-0.4, -0.2) is 21.7 Å². The number of halogens is 5. The highest BCUT2D eigenvalue weighted by Gasteiger charge is 2.65. The first kappa shape index (κ1) is 26.0. The van der Waals surface area contributed by atoms with E-state index in [1.165, 1.54) is 21.4 Å². The highest BCUT2D eigenvalue weighted by molar-refractivity contribution is 8.45. The molecule has 1 aromatic heterocycles. The molecule has 1 aromatic carbocycles. The Hall–Kier alpha value is -2.21. The zero-order chi connectivity index (χ0) is 24.2. The Kier molecular flexibility index (Phi) is 7.30. The molecule has 0 spiro atoms. The van der Waals surface area contributed by atoms with Gasteiger partial charge >= 0.3 is 16.2 Å². The van der Waals surface area contributed by atoms with Crippen LogP contribution in [0.1, 0.15) is 39.5 Å². The third kappa shape index (κ3) is 7.16. The average Bonchev–Trinajstić information content (AvgIpc) is 2.67. The van der Waals surface area contributed by atoms with Crippen molar-refractivity contribution in [2.45, 2.75) is 51.0 Å². The molecule has 180 valence electrons. The van der Waals surface area contributed by atoms with E-state index in [1.807, 2.05) is 0 Å². The summed E-state index contributed by atoms with van der Waals surface area (Å²) >= 11 is 5.29. The number of nitrogens with zero attached hydrogens (tertiary/aromatic N) is 2. The number of esters is 1. The van der Waals surface area contributed by atoms with Crippen molar-refractivity contribution in [3.05, 3.63) is 51.7 Å². The second-order valence-electron chi connectivity index (χ2n) is 7.66. The first-order valence-corrected chi connectivity index (χ1v) is 12.3. The van der Waals surface area contributed by atoms with Crippen molar-refractivity contribution in [3.8, 4) is 5.69 Å². The van der Waals surface area contributed by atoms with Crippen LogP contribution in [0.5, 0.6) is 0 Å². The predicted octanol–water partition coefficient (Wildman–Crippen LogP) is 6.79. The molecule has 0 radical (unpaired) electrons. The van der Waals surface area contributed by atoms with Gasteiger partial charge in [0.25, 0.3) is 5.56 Å². The largest absolute Gasteiger partial charge is 0.465 e. The first-order valence-electron chi connectivity index (χ1n) is 9.94. The van der Waals surface area contributed by atoms with Gasteiger partial charge in [0.1, 0.15) is 4.90 Å². The van der Waals surface area contributed by atoms with Crippen LogP contribution < -0.4 is 5.56 Å². The van der Waals surface area contributed by atoms with Gasteiger partial charge in [0.15, 0.2) is 4.77 Å². The number of carbonyl (C=O) groups excluding carboxylic acids is 1. The molecule has 0 aliphatic carbocycles. The fourth-order valence-corrected chi connectivity index (χ4v) is 3.85. The maximum Gasteiger partial charge on any atom is 0.310 e. The lowest BCUT2D eigenvalue weighted by Gasteiger charge is -2.40. The maximum atomic E-state index is 12.9. The molecule has 2 rings (SSSR count). The van der Waals surface area contributed by atoms with Gasteiger partial charge in [-0.1, -0.05) is 39.7 Å². The van der Waals surface area contributed by atoms with Gasteiger partial charge in [0, 0.05) is 24.5 Å².